The SMILES string of the molecule is CCOP(=O)(c1ccc(C)cc1C)N(c1cc(C#CC(C)(C)C)sc1C(=O)O)C(C)C.CCOP(=O)(c1ccc(Cl)cc1)N(c1cc(C#CC(C)(C)C)sc1C(=O)O)C(C)C.CCOP(=O)(c1ccc(Cl)cc1Cl)N(c1cc(C#CC(C)(C)C)sc1C(=O)O)C(C)C. The van der Waals surface area contributed by atoms with Crippen molar-refractivity contribution in [2.24, 2.45) is 16.2 Å². The van der Waals surface area contributed by atoms with Crippen molar-refractivity contribution in [1.29, 1.82) is 0 Å². The average Bonchev–Trinajstić information content (AvgIpc) is 1.41. The molecular weight excluding hydrogens is 1350 g/mol. The Kier molecular flexibility index (Phi) is 28.3. The third-order valence-electron chi connectivity index (χ3n) is 12.4. The molecule has 0 amide bonds. The number of nitrogens with zero attached hydrogens (tertiary/aromatic N) is 3. The van der Waals surface area contributed by atoms with Crippen molar-refractivity contribution in [2.75, 3.05) is 33.8 Å². The standard InChI is InChI=1S/C24H32NO4PS.C22H26Cl2NO4PS.C22H27ClNO4PS/c1-9-29-30(28,21-11-10-17(4)14-18(21)5)25(16(2)3)20-15-19(12-13-24(6,7)8)31-22(20)23(26)27;1-7-29-30(28,19-9-8-15(23)12-17(19)24)25(14(2)3)18-13-16(10-11-22(4,5)6)31-20(18)21(26)27;1-7-28-29(27,17-10-8-16(23)9-11-17)24(15(2)3)19-14-18(12-13-22(4,5)6)30-20(19)21(25)26/h10-11,14-16H,9H2,1-8H3,(H,26,27);8-9,12-14H,7H2,1-6H3,(H,26,27);8-11,14-15H,7H2,1-6H3,(H,25,26). The van der Waals surface area contributed by atoms with Gasteiger partial charge in [0.2, 0.25) is 0 Å². The van der Waals surface area contributed by atoms with Crippen LogP contribution in [0.5, 0.6) is 0 Å². The minimum absolute atomic E-state index is 0.0388. The van der Waals surface area contributed by atoms with Crippen LogP contribution >= 0.6 is 91.4 Å². The Morgan fingerprint density at radius 3 is 1.10 bits per heavy atom. The highest BCUT2D eigenvalue weighted by Gasteiger charge is 2.43. The molecule has 6 rings (SSSR count). The number of rotatable bonds is 21. The molecule has 3 aromatic heterocycles. The van der Waals surface area contributed by atoms with Crippen LogP contribution in [0.1, 0.15) is 179 Å². The Labute approximate surface area is 571 Å². The van der Waals surface area contributed by atoms with Crippen LogP contribution in [-0.4, -0.2) is 71.2 Å². The molecule has 0 saturated heterocycles. The fourth-order valence-corrected chi connectivity index (χ4v) is 20.2. The summed E-state index contributed by atoms with van der Waals surface area (Å²) in [6.07, 6.45) is 0. The summed E-state index contributed by atoms with van der Waals surface area (Å²) in [7, 11) is -11.0. The van der Waals surface area contributed by atoms with Crippen molar-refractivity contribution in [1.82, 2.24) is 0 Å². The molecule has 3 heterocycles. The lowest BCUT2D eigenvalue weighted by Crippen LogP contribution is -2.34. The molecule has 92 heavy (non-hydrogen) atoms. The fraction of sp³-hybridized carbons (Fsp3) is 0.426. The van der Waals surface area contributed by atoms with E-state index in [2.05, 4.69) is 35.5 Å². The molecule has 498 valence electrons. The minimum atomic E-state index is -3.78. The summed E-state index contributed by atoms with van der Waals surface area (Å²) in [5.74, 6) is 15.3. The molecule has 6 aromatic rings. The normalized spacial score (nSPS) is 13.5. The van der Waals surface area contributed by atoms with Crippen LogP contribution < -0.4 is 29.9 Å². The van der Waals surface area contributed by atoms with E-state index in [9.17, 15) is 43.4 Å². The first-order chi connectivity index (χ1) is 42.5. The summed E-state index contributed by atoms with van der Waals surface area (Å²) < 4.78 is 65.3. The van der Waals surface area contributed by atoms with E-state index in [4.69, 9.17) is 48.4 Å². The predicted molar refractivity (Wildman–Crippen MR) is 386 cm³/mol. The van der Waals surface area contributed by atoms with Crippen LogP contribution in [0.3, 0.4) is 0 Å². The lowest BCUT2D eigenvalue weighted by molar-refractivity contribution is 0.0692. The lowest BCUT2D eigenvalue weighted by atomic mass is 9.98. The van der Waals surface area contributed by atoms with Gasteiger partial charge in [-0.05, 0) is 211 Å². The summed E-state index contributed by atoms with van der Waals surface area (Å²) in [6, 6.07) is 21.1. The molecule has 0 spiro atoms. The predicted octanol–water partition coefficient (Wildman–Crippen LogP) is 19.4. The molecular formula is C68H85Cl3N3O12P3S3. The van der Waals surface area contributed by atoms with Crippen LogP contribution in [0.15, 0.2) is 78.9 Å². The topological polar surface area (TPSA) is 201 Å². The molecule has 24 heteroatoms. The summed E-state index contributed by atoms with van der Waals surface area (Å²) in [4.78, 5) is 38.2. The van der Waals surface area contributed by atoms with E-state index in [0.717, 1.165) is 45.1 Å². The summed E-state index contributed by atoms with van der Waals surface area (Å²) in [5, 5.41) is 32.0. The molecule has 15 nitrogen and oxygen atoms in total. The van der Waals surface area contributed by atoms with Crippen molar-refractivity contribution >= 4 is 142 Å². The van der Waals surface area contributed by atoms with Gasteiger partial charge in [0, 0.05) is 44.4 Å². The summed E-state index contributed by atoms with van der Waals surface area (Å²) in [5.41, 5.74) is 2.22. The molecule has 0 fully saturated rings. The number of hydrogen-bond acceptors (Lipinski definition) is 12. The Morgan fingerprint density at radius 1 is 0.478 bits per heavy atom. The fourth-order valence-electron chi connectivity index (χ4n) is 8.96. The highest BCUT2D eigenvalue weighted by molar-refractivity contribution is 7.69. The second-order valence-corrected chi connectivity index (χ2v) is 36.0. The molecule has 0 aliphatic heterocycles. The number of aromatic carboxylic acids is 3. The first kappa shape index (κ1) is 79.1. The zero-order chi connectivity index (χ0) is 69.8. The van der Waals surface area contributed by atoms with Crippen molar-refractivity contribution in [3.63, 3.8) is 0 Å². The maximum Gasteiger partial charge on any atom is 0.348 e. The third-order valence-corrected chi connectivity index (χ3v) is 25.0. The maximum absolute atomic E-state index is 14.5. The van der Waals surface area contributed by atoms with E-state index in [-0.39, 0.29) is 84.8 Å². The Bertz CT molecular complexity index is 3800. The summed E-state index contributed by atoms with van der Waals surface area (Å²) >= 11 is 21.6. The van der Waals surface area contributed by atoms with Crippen LogP contribution in [0.25, 0.3) is 0 Å². The largest absolute Gasteiger partial charge is 0.477 e. The quantitative estimate of drug-likeness (QED) is 0.0454. The monoisotopic (exact) mass is 1430 g/mol. The van der Waals surface area contributed by atoms with Gasteiger partial charge in [0.15, 0.2) is 0 Å². The van der Waals surface area contributed by atoms with Crippen LogP contribution in [0.2, 0.25) is 15.1 Å². The Balaban J connectivity index is 0.000000294. The molecule has 3 unspecified atom stereocenters. The highest BCUT2D eigenvalue weighted by atomic mass is 35.5. The second kappa shape index (κ2) is 32.9. The molecule has 0 bridgehead atoms. The van der Waals surface area contributed by atoms with Crippen LogP contribution in [0, 0.1) is 65.6 Å². The number of halogens is 3. The smallest absolute Gasteiger partial charge is 0.348 e. The van der Waals surface area contributed by atoms with Gasteiger partial charge in [-0.1, -0.05) is 88.0 Å². The average molecular weight is 1430 g/mol. The highest BCUT2D eigenvalue weighted by Crippen LogP contribution is 2.59. The van der Waals surface area contributed by atoms with Crippen molar-refractivity contribution in [2.45, 2.75) is 157 Å². The van der Waals surface area contributed by atoms with Gasteiger partial charge in [-0.15, -0.1) is 34.0 Å². The van der Waals surface area contributed by atoms with E-state index in [1.165, 1.54) is 10.7 Å². The molecule has 3 N–H and O–H groups in total. The van der Waals surface area contributed by atoms with E-state index >= 15 is 0 Å². The number of carboxylic acids is 3. The van der Waals surface area contributed by atoms with Crippen molar-refractivity contribution < 1.29 is 57.0 Å². The molecule has 0 radical (unpaired) electrons. The van der Waals surface area contributed by atoms with Crippen molar-refractivity contribution in [3.05, 3.63) is 134 Å². The van der Waals surface area contributed by atoms with Crippen LogP contribution in [0.4, 0.5) is 17.1 Å². The third kappa shape index (κ3) is 20.8. The second-order valence-electron chi connectivity index (χ2n) is 24.9. The minimum Gasteiger partial charge on any atom is -0.477 e. The van der Waals surface area contributed by atoms with E-state index in [1.807, 2.05) is 136 Å². The number of carboxylic acid groups (broad SMARTS) is 3. The van der Waals surface area contributed by atoms with Gasteiger partial charge in [0.1, 0.15) is 14.6 Å². The maximum atomic E-state index is 14.5. The van der Waals surface area contributed by atoms with Crippen LogP contribution in [-0.2, 0) is 27.3 Å². The number of aryl methyl sites for hydroxylation is 2. The molecule has 0 saturated carbocycles. The number of carbonyl (C=O) groups is 3. The number of thiophene rings is 3. The van der Waals surface area contributed by atoms with Gasteiger partial charge >= 0.3 is 40.5 Å². The molecule has 3 atom stereocenters. The zero-order valence-electron chi connectivity index (χ0n) is 55.9. The number of anilines is 3. The molecule has 0 aliphatic rings. The summed E-state index contributed by atoms with van der Waals surface area (Å²) in [6.45, 7) is 38.7. The lowest BCUT2D eigenvalue weighted by Gasteiger charge is -2.36. The Morgan fingerprint density at radius 2 is 0.793 bits per heavy atom. The molecule has 0 aliphatic carbocycles. The number of hydrogen-bond donors (Lipinski definition) is 3. The Hall–Kier alpha value is -5.31. The first-order valence-electron chi connectivity index (χ1n) is 29.6. The van der Waals surface area contributed by atoms with Gasteiger partial charge in [0.05, 0.1) is 72.5 Å². The van der Waals surface area contributed by atoms with E-state index in [1.54, 1.807) is 84.7 Å². The van der Waals surface area contributed by atoms with Gasteiger partial charge in [-0.25, -0.2) is 14.4 Å². The van der Waals surface area contributed by atoms with E-state index < -0.39 is 40.5 Å². The van der Waals surface area contributed by atoms with E-state index in [0.29, 0.717) is 46.7 Å². The zero-order valence-corrected chi connectivity index (χ0v) is 63.3. The van der Waals surface area contributed by atoms with Gasteiger partial charge in [0.25, 0.3) is 0 Å². The van der Waals surface area contributed by atoms with Gasteiger partial charge < -0.3 is 28.9 Å². The van der Waals surface area contributed by atoms with Gasteiger partial charge in [-0.3, -0.25) is 27.7 Å². The molecule has 3 aromatic carbocycles. The van der Waals surface area contributed by atoms with Crippen molar-refractivity contribution in [3.8, 4) is 35.5 Å². The first-order valence-corrected chi connectivity index (χ1v) is 37.9. The number of benzene rings is 3. The van der Waals surface area contributed by atoms with Gasteiger partial charge in [-0.2, -0.15) is 0 Å².